The Hall–Kier alpha value is -2.05. The van der Waals surface area contributed by atoms with Gasteiger partial charge in [-0.3, -0.25) is 4.79 Å². The molecule has 122 valence electrons. The lowest BCUT2D eigenvalue weighted by Crippen LogP contribution is -2.42. The summed E-state index contributed by atoms with van der Waals surface area (Å²) in [6.07, 6.45) is 3.75. The number of nitrogens with one attached hydrogen (secondary N) is 1. The minimum absolute atomic E-state index is 0.178. The van der Waals surface area contributed by atoms with Gasteiger partial charge < -0.3 is 19.6 Å². The fraction of sp³-hybridized carbons (Fsp3) is 0.667. The average molecular weight is 308 g/mol. The molecule has 0 aromatic carbocycles. The first-order chi connectivity index (χ1) is 10.6. The molecule has 3 amide bonds. The maximum absolute atomic E-state index is 12.0. The Balaban J connectivity index is 1.71. The number of hydrogen-bond donors (Lipinski definition) is 1. The molecule has 1 aliphatic heterocycles. The van der Waals surface area contributed by atoms with Crippen molar-refractivity contribution in [1.29, 1.82) is 0 Å². The molecule has 1 aromatic heterocycles. The fourth-order valence-corrected chi connectivity index (χ4v) is 2.52. The molecule has 0 unspecified atom stereocenters. The van der Waals surface area contributed by atoms with Crippen molar-refractivity contribution in [2.45, 2.75) is 39.2 Å². The normalized spacial score (nSPS) is 15.5. The molecule has 0 atom stereocenters. The van der Waals surface area contributed by atoms with Gasteiger partial charge in [0.05, 0.1) is 6.54 Å². The molecule has 7 nitrogen and oxygen atoms in total. The van der Waals surface area contributed by atoms with Crippen LogP contribution in [-0.4, -0.2) is 53.6 Å². The number of aryl methyl sites for hydroxylation is 1. The summed E-state index contributed by atoms with van der Waals surface area (Å²) < 4.78 is 4.98. The first-order valence-electron chi connectivity index (χ1n) is 7.75. The van der Waals surface area contributed by atoms with Crippen molar-refractivity contribution in [2.75, 3.05) is 26.7 Å². The summed E-state index contributed by atoms with van der Waals surface area (Å²) in [5.41, 5.74) is 0.720. The second-order valence-corrected chi connectivity index (χ2v) is 5.71. The standard InChI is InChI=1S/C15H24N4O3/c1-12-10-13(17-22-12)11-18(2)15(21)16-7-9-19-8-5-3-4-6-14(19)20/h10H,3-9,11H2,1-2H3,(H,16,21). The molecule has 1 aromatic rings. The molecule has 0 radical (unpaired) electrons. The Bertz CT molecular complexity index is 515. The van der Waals surface area contributed by atoms with Crippen LogP contribution in [0.4, 0.5) is 4.79 Å². The monoisotopic (exact) mass is 308 g/mol. The molecule has 0 saturated carbocycles. The van der Waals surface area contributed by atoms with E-state index in [0.29, 0.717) is 26.1 Å². The summed E-state index contributed by atoms with van der Waals surface area (Å²) in [6, 6.07) is 1.63. The van der Waals surface area contributed by atoms with Crippen molar-refractivity contribution >= 4 is 11.9 Å². The fourth-order valence-electron chi connectivity index (χ4n) is 2.52. The lowest BCUT2D eigenvalue weighted by atomic mass is 10.2. The van der Waals surface area contributed by atoms with E-state index < -0.39 is 0 Å². The van der Waals surface area contributed by atoms with Crippen LogP contribution < -0.4 is 5.32 Å². The third-order valence-corrected chi connectivity index (χ3v) is 3.75. The van der Waals surface area contributed by atoms with Crippen molar-refractivity contribution < 1.29 is 14.1 Å². The molecule has 1 saturated heterocycles. The first-order valence-corrected chi connectivity index (χ1v) is 7.75. The molecule has 2 heterocycles. The highest BCUT2D eigenvalue weighted by molar-refractivity contribution is 5.76. The minimum atomic E-state index is -0.178. The molecule has 1 fully saturated rings. The van der Waals surface area contributed by atoms with Crippen molar-refractivity contribution in [2.24, 2.45) is 0 Å². The van der Waals surface area contributed by atoms with Crippen molar-refractivity contribution in [3.8, 4) is 0 Å². The van der Waals surface area contributed by atoms with Gasteiger partial charge in [0.25, 0.3) is 0 Å². The van der Waals surface area contributed by atoms with Crippen LogP contribution in [0, 0.1) is 6.92 Å². The number of carbonyl (C=O) groups is 2. The highest BCUT2D eigenvalue weighted by atomic mass is 16.5. The van der Waals surface area contributed by atoms with Gasteiger partial charge in [-0.25, -0.2) is 4.79 Å². The number of rotatable bonds is 5. The number of aromatic nitrogens is 1. The molecule has 0 aliphatic carbocycles. The summed E-state index contributed by atoms with van der Waals surface area (Å²) in [6.45, 7) is 4.04. The number of amides is 3. The molecule has 7 heteroatoms. The molecular formula is C15H24N4O3. The van der Waals surface area contributed by atoms with Gasteiger partial charge in [-0.05, 0) is 19.8 Å². The van der Waals surface area contributed by atoms with E-state index in [0.717, 1.165) is 37.3 Å². The summed E-state index contributed by atoms with van der Waals surface area (Å²) >= 11 is 0. The lowest BCUT2D eigenvalue weighted by Gasteiger charge is -2.22. The van der Waals surface area contributed by atoms with Crippen molar-refractivity contribution in [3.63, 3.8) is 0 Å². The van der Waals surface area contributed by atoms with E-state index >= 15 is 0 Å². The average Bonchev–Trinajstić information content (AvgIpc) is 2.78. The Morgan fingerprint density at radius 3 is 3.00 bits per heavy atom. The molecule has 1 N–H and O–H groups in total. The summed E-state index contributed by atoms with van der Waals surface area (Å²) in [5, 5.41) is 6.70. The van der Waals surface area contributed by atoms with E-state index in [9.17, 15) is 9.59 Å². The Morgan fingerprint density at radius 1 is 1.45 bits per heavy atom. The summed E-state index contributed by atoms with van der Waals surface area (Å²) in [7, 11) is 1.70. The van der Waals surface area contributed by atoms with Gasteiger partial charge in [0.1, 0.15) is 11.5 Å². The van der Waals surface area contributed by atoms with Gasteiger partial charge in [0, 0.05) is 39.2 Å². The maximum Gasteiger partial charge on any atom is 0.317 e. The number of urea groups is 1. The van der Waals surface area contributed by atoms with Crippen LogP contribution in [0.3, 0.4) is 0 Å². The summed E-state index contributed by atoms with van der Waals surface area (Å²) in [5.74, 6) is 0.918. The van der Waals surface area contributed by atoms with E-state index in [4.69, 9.17) is 4.52 Å². The smallest absolute Gasteiger partial charge is 0.317 e. The zero-order valence-electron chi connectivity index (χ0n) is 13.3. The third-order valence-electron chi connectivity index (χ3n) is 3.75. The van der Waals surface area contributed by atoms with Crippen LogP contribution in [0.5, 0.6) is 0 Å². The minimum Gasteiger partial charge on any atom is -0.361 e. The van der Waals surface area contributed by atoms with Gasteiger partial charge >= 0.3 is 6.03 Å². The number of carbonyl (C=O) groups excluding carboxylic acids is 2. The second-order valence-electron chi connectivity index (χ2n) is 5.71. The van der Waals surface area contributed by atoms with E-state index in [1.807, 2.05) is 11.8 Å². The molecule has 2 rings (SSSR count). The maximum atomic E-state index is 12.0. The van der Waals surface area contributed by atoms with E-state index in [2.05, 4.69) is 10.5 Å². The lowest BCUT2D eigenvalue weighted by molar-refractivity contribution is -0.130. The van der Waals surface area contributed by atoms with Crippen LogP contribution in [-0.2, 0) is 11.3 Å². The van der Waals surface area contributed by atoms with Crippen LogP contribution >= 0.6 is 0 Å². The Labute approximate surface area is 130 Å². The zero-order valence-corrected chi connectivity index (χ0v) is 13.3. The van der Waals surface area contributed by atoms with Gasteiger partial charge in [0.2, 0.25) is 5.91 Å². The van der Waals surface area contributed by atoms with E-state index in [-0.39, 0.29) is 11.9 Å². The van der Waals surface area contributed by atoms with Crippen LogP contribution in [0.2, 0.25) is 0 Å². The summed E-state index contributed by atoms with van der Waals surface area (Å²) in [4.78, 5) is 27.2. The Kier molecular flexibility index (Phi) is 5.80. The predicted octanol–water partition coefficient (Wildman–Crippen LogP) is 1.53. The van der Waals surface area contributed by atoms with Crippen LogP contribution in [0.25, 0.3) is 0 Å². The molecule has 0 bridgehead atoms. The number of hydrogen-bond acceptors (Lipinski definition) is 4. The number of nitrogens with zero attached hydrogens (tertiary/aromatic N) is 3. The van der Waals surface area contributed by atoms with Crippen LogP contribution in [0.1, 0.15) is 37.1 Å². The number of likely N-dealkylation sites (tertiary alicyclic amines) is 1. The topological polar surface area (TPSA) is 78.7 Å². The molecule has 22 heavy (non-hydrogen) atoms. The van der Waals surface area contributed by atoms with E-state index in [1.165, 1.54) is 0 Å². The first kappa shape index (κ1) is 16.3. The predicted molar refractivity (Wildman–Crippen MR) is 81.2 cm³/mol. The highest BCUT2D eigenvalue weighted by Gasteiger charge is 2.17. The van der Waals surface area contributed by atoms with Crippen molar-refractivity contribution in [1.82, 2.24) is 20.3 Å². The van der Waals surface area contributed by atoms with Gasteiger partial charge in [-0.1, -0.05) is 11.6 Å². The SMILES string of the molecule is Cc1cc(CN(C)C(=O)NCCN2CCCCCC2=O)no1. The van der Waals surface area contributed by atoms with Gasteiger partial charge in [-0.2, -0.15) is 0 Å². The molecular weight excluding hydrogens is 284 g/mol. The van der Waals surface area contributed by atoms with E-state index in [1.54, 1.807) is 18.0 Å². The van der Waals surface area contributed by atoms with Gasteiger partial charge in [-0.15, -0.1) is 0 Å². The second kappa shape index (κ2) is 7.82. The largest absolute Gasteiger partial charge is 0.361 e. The van der Waals surface area contributed by atoms with Gasteiger partial charge in [0.15, 0.2) is 0 Å². The quantitative estimate of drug-likeness (QED) is 0.894. The Morgan fingerprint density at radius 2 is 2.27 bits per heavy atom. The zero-order chi connectivity index (χ0) is 15.9. The third kappa shape index (κ3) is 4.75. The van der Waals surface area contributed by atoms with Crippen LogP contribution in [0.15, 0.2) is 10.6 Å². The highest BCUT2D eigenvalue weighted by Crippen LogP contribution is 2.10. The van der Waals surface area contributed by atoms with Crippen molar-refractivity contribution in [3.05, 3.63) is 17.5 Å². The molecule has 0 spiro atoms. The molecule has 1 aliphatic rings.